The van der Waals surface area contributed by atoms with Gasteiger partial charge in [-0.2, -0.15) is 5.10 Å². The summed E-state index contributed by atoms with van der Waals surface area (Å²) in [4.78, 5) is 10.1. The number of urea groups is 1. The molecule has 8 heavy (non-hydrogen) atoms. The molecule has 0 unspecified atom stereocenters. The zero-order chi connectivity index (χ0) is 5.98. The summed E-state index contributed by atoms with van der Waals surface area (Å²) in [5, 5.41) is 4.73. The number of hydrogen-bond donors (Lipinski definition) is 0. The Morgan fingerprint density at radius 1 is 1.88 bits per heavy atom. The number of carbonyl (C=O) groups excluding carboxylic acids is 1. The van der Waals surface area contributed by atoms with Crippen LogP contribution in [0, 0.1) is 0 Å². The Bertz CT molecular complexity index is 131. The van der Waals surface area contributed by atoms with E-state index in [9.17, 15) is 4.79 Å². The van der Waals surface area contributed by atoms with E-state index in [0.29, 0.717) is 6.54 Å². The molecule has 0 atom stereocenters. The van der Waals surface area contributed by atoms with Crippen molar-refractivity contribution in [1.82, 2.24) is 10.7 Å². The van der Waals surface area contributed by atoms with E-state index in [-0.39, 0.29) is 0 Å². The Morgan fingerprint density at radius 3 is 2.88 bits per heavy atom. The van der Waals surface area contributed by atoms with Crippen LogP contribution in [0.5, 0.6) is 0 Å². The highest BCUT2D eigenvalue weighted by atomic mass is 16.2. The number of nitrogens with one attached hydrogen (secondary N) is 1. The van der Waals surface area contributed by atoms with Gasteiger partial charge in [-0.3, -0.25) is 0 Å². The molecule has 1 aliphatic heterocycles. The van der Waals surface area contributed by atoms with Crippen molar-refractivity contribution in [2.45, 2.75) is 6.42 Å². The first kappa shape index (κ1) is 5.08. The molecule has 0 aliphatic carbocycles. The Labute approximate surface area is 47.0 Å². The quantitative estimate of drug-likeness (QED) is 0.437. The first-order valence-corrected chi connectivity index (χ1v) is 2.36. The average molecular weight is 112 g/mol. The molecule has 1 rings (SSSR count). The van der Waals surface area contributed by atoms with Gasteiger partial charge in [0.2, 0.25) is 0 Å². The SMILES string of the molecule is [NH]C(=O)N1CCC=N1. The Balaban J connectivity index is 2.48. The molecule has 0 saturated heterocycles. The normalized spacial score (nSPS) is 17.2. The summed E-state index contributed by atoms with van der Waals surface area (Å²) in [7, 11) is 0. The van der Waals surface area contributed by atoms with E-state index < -0.39 is 6.03 Å². The number of hydrazone groups is 1. The van der Waals surface area contributed by atoms with Crippen LogP contribution in [0.15, 0.2) is 5.10 Å². The van der Waals surface area contributed by atoms with E-state index in [0.717, 1.165) is 11.4 Å². The van der Waals surface area contributed by atoms with Crippen LogP contribution < -0.4 is 5.73 Å². The van der Waals surface area contributed by atoms with Gasteiger partial charge in [0.15, 0.2) is 0 Å². The van der Waals surface area contributed by atoms with Crippen LogP contribution in [0.2, 0.25) is 0 Å². The molecule has 0 bridgehead atoms. The molecule has 43 valence electrons. The van der Waals surface area contributed by atoms with E-state index in [1.54, 1.807) is 6.21 Å². The molecule has 2 amide bonds. The topological polar surface area (TPSA) is 56.5 Å². The summed E-state index contributed by atoms with van der Waals surface area (Å²) in [6.45, 7) is 0.572. The van der Waals surface area contributed by atoms with Gasteiger partial charge < -0.3 is 0 Å². The molecule has 0 fully saturated rings. The number of hydrogen-bond acceptors (Lipinski definition) is 2. The highest BCUT2D eigenvalue weighted by Crippen LogP contribution is 1.97. The molecule has 0 saturated carbocycles. The van der Waals surface area contributed by atoms with Gasteiger partial charge in [-0.25, -0.2) is 15.5 Å². The van der Waals surface area contributed by atoms with Crippen LogP contribution in [0.25, 0.3) is 0 Å². The third-order valence-corrected chi connectivity index (χ3v) is 0.925. The van der Waals surface area contributed by atoms with E-state index in [2.05, 4.69) is 5.10 Å². The molecule has 1 aliphatic rings. The van der Waals surface area contributed by atoms with Crippen molar-refractivity contribution >= 4 is 12.2 Å². The number of amides is 2. The third kappa shape index (κ3) is 0.776. The van der Waals surface area contributed by atoms with Crippen molar-refractivity contribution in [2.24, 2.45) is 5.10 Å². The molecule has 0 aromatic rings. The number of nitrogens with zero attached hydrogens (tertiary/aromatic N) is 2. The van der Waals surface area contributed by atoms with Gasteiger partial charge in [-0.1, -0.05) is 0 Å². The highest BCUT2D eigenvalue weighted by molar-refractivity contribution is 5.74. The fourth-order valence-electron chi connectivity index (χ4n) is 0.548. The van der Waals surface area contributed by atoms with Crippen molar-refractivity contribution in [1.29, 1.82) is 0 Å². The van der Waals surface area contributed by atoms with Crippen molar-refractivity contribution in [3.63, 3.8) is 0 Å². The van der Waals surface area contributed by atoms with E-state index >= 15 is 0 Å². The molecule has 0 spiro atoms. The second kappa shape index (κ2) is 1.81. The van der Waals surface area contributed by atoms with E-state index in [1.165, 1.54) is 0 Å². The lowest BCUT2D eigenvalue weighted by Crippen LogP contribution is -2.21. The van der Waals surface area contributed by atoms with E-state index in [1.807, 2.05) is 0 Å². The summed E-state index contributed by atoms with van der Waals surface area (Å²) in [5.41, 5.74) is 6.55. The molecule has 4 heteroatoms. The Morgan fingerprint density at radius 2 is 2.62 bits per heavy atom. The van der Waals surface area contributed by atoms with Crippen molar-refractivity contribution < 1.29 is 4.79 Å². The van der Waals surface area contributed by atoms with Gasteiger partial charge in [-0.05, 0) is 0 Å². The fraction of sp³-hybridized carbons (Fsp3) is 0.500. The lowest BCUT2D eigenvalue weighted by molar-refractivity contribution is 0.213. The second-order valence-electron chi connectivity index (χ2n) is 1.52. The van der Waals surface area contributed by atoms with Crippen LogP contribution in [0.4, 0.5) is 4.79 Å². The minimum Gasteiger partial charge on any atom is -0.246 e. The molecular weight excluding hydrogens is 106 g/mol. The van der Waals surface area contributed by atoms with Gasteiger partial charge in [0.1, 0.15) is 0 Å². The van der Waals surface area contributed by atoms with Crippen LogP contribution in [0.1, 0.15) is 6.42 Å². The summed E-state index contributed by atoms with van der Waals surface area (Å²) in [6, 6.07) is -0.723. The van der Waals surface area contributed by atoms with Gasteiger partial charge in [0, 0.05) is 12.6 Å². The zero-order valence-electron chi connectivity index (χ0n) is 4.29. The largest absolute Gasteiger partial charge is 0.356 e. The van der Waals surface area contributed by atoms with Gasteiger partial charge in [-0.15, -0.1) is 0 Å². The Hall–Kier alpha value is -1.06. The average Bonchev–Trinajstić information content (AvgIpc) is 2.12. The second-order valence-corrected chi connectivity index (χ2v) is 1.52. The van der Waals surface area contributed by atoms with Crippen molar-refractivity contribution in [2.75, 3.05) is 6.54 Å². The predicted octanol–water partition coefficient (Wildman–Crippen LogP) is 0.0808. The van der Waals surface area contributed by atoms with Gasteiger partial charge in [0.05, 0.1) is 6.54 Å². The lowest BCUT2D eigenvalue weighted by atomic mass is 10.5. The van der Waals surface area contributed by atoms with Gasteiger partial charge >= 0.3 is 6.03 Å². The van der Waals surface area contributed by atoms with Crippen LogP contribution in [-0.2, 0) is 0 Å². The summed E-state index contributed by atoms with van der Waals surface area (Å²) >= 11 is 0. The summed E-state index contributed by atoms with van der Waals surface area (Å²) < 4.78 is 0. The maximum atomic E-state index is 10.1. The standard InChI is InChI=1S/C4H6N3O/c5-4(8)7-3-1-2-6-7/h2,5H,1,3H2. The van der Waals surface area contributed by atoms with Crippen LogP contribution in [0.3, 0.4) is 0 Å². The molecule has 1 N–H and O–H groups in total. The number of rotatable bonds is 0. The zero-order valence-corrected chi connectivity index (χ0v) is 4.29. The molecular formula is C4H6N3O. The molecule has 0 aromatic heterocycles. The van der Waals surface area contributed by atoms with Gasteiger partial charge in [0.25, 0.3) is 0 Å². The molecule has 4 nitrogen and oxygen atoms in total. The molecule has 1 radical (unpaired) electrons. The molecule has 1 heterocycles. The monoisotopic (exact) mass is 112 g/mol. The Kier molecular flexibility index (Phi) is 1.15. The van der Waals surface area contributed by atoms with Crippen LogP contribution in [-0.4, -0.2) is 23.8 Å². The third-order valence-electron chi connectivity index (χ3n) is 0.925. The minimum atomic E-state index is -0.723. The predicted molar refractivity (Wildman–Crippen MR) is 28.3 cm³/mol. The maximum Gasteiger partial charge on any atom is 0.356 e. The highest BCUT2D eigenvalue weighted by Gasteiger charge is 2.10. The first-order valence-electron chi connectivity index (χ1n) is 2.36. The van der Waals surface area contributed by atoms with Crippen molar-refractivity contribution in [3.8, 4) is 0 Å². The number of carbonyl (C=O) groups is 1. The van der Waals surface area contributed by atoms with Crippen molar-refractivity contribution in [3.05, 3.63) is 0 Å². The first-order chi connectivity index (χ1) is 3.80. The fourth-order valence-corrected chi connectivity index (χ4v) is 0.548. The van der Waals surface area contributed by atoms with Crippen LogP contribution >= 0.6 is 0 Å². The summed E-state index contributed by atoms with van der Waals surface area (Å²) in [5.74, 6) is 0. The summed E-state index contributed by atoms with van der Waals surface area (Å²) in [6.07, 6.45) is 2.41. The lowest BCUT2D eigenvalue weighted by Gasteiger charge is -2.03. The smallest absolute Gasteiger partial charge is 0.246 e. The maximum absolute atomic E-state index is 10.1. The minimum absolute atomic E-state index is 0.572. The molecule has 0 aromatic carbocycles. The van der Waals surface area contributed by atoms with E-state index in [4.69, 9.17) is 5.73 Å².